The molecule has 0 fully saturated rings. The maximum Gasteiger partial charge on any atom is 0.122 e. The van der Waals surface area contributed by atoms with Crippen LogP contribution in [0.25, 0.3) is 0 Å². The van der Waals surface area contributed by atoms with Crippen LogP contribution < -0.4 is 5.32 Å². The highest BCUT2D eigenvalue weighted by atomic mass is 16.5. The van der Waals surface area contributed by atoms with Gasteiger partial charge in [-0.3, -0.25) is 0 Å². The molecule has 0 radical (unpaired) electrons. The third-order valence-electron chi connectivity index (χ3n) is 2.15. The second kappa shape index (κ2) is 4.57. The maximum atomic E-state index is 5.12. The smallest absolute Gasteiger partial charge is 0.122 e. The van der Waals surface area contributed by atoms with Gasteiger partial charge >= 0.3 is 0 Å². The van der Waals surface area contributed by atoms with Crippen molar-refractivity contribution in [2.75, 3.05) is 13.7 Å². The molecule has 0 atom stereocenters. The summed E-state index contributed by atoms with van der Waals surface area (Å²) in [5.74, 6) is 1.04. The van der Waals surface area contributed by atoms with E-state index < -0.39 is 0 Å². The van der Waals surface area contributed by atoms with Crippen molar-refractivity contribution in [2.45, 2.75) is 25.9 Å². The zero-order chi connectivity index (χ0) is 10.6. The number of aromatic nitrogens is 2. The molecule has 0 saturated carbocycles. The number of hydrogen-bond donors (Lipinski definition) is 1. The van der Waals surface area contributed by atoms with Gasteiger partial charge in [-0.2, -0.15) is 0 Å². The Hall–Kier alpha value is -0.870. The van der Waals surface area contributed by atoms with E-state index in [1.54, 1.807) is 13.3 Å². The number of aryl methyl sites for hydroxylation is 1. The Morgan fingerprint density at radius 2 is 2.29 bits per heavy atom. The number of nitrogens with zero attached hydrogens (tertiary/aromatic N) is 2. The monoisotopic (exact) mass is 197 g/mol. The number of methoxy groups -OCH3 is 1. The second-order valence-electron chi connectivity index (χ2n) is 4.12. The van der Waals surface area contributed by atoms with Crippen LogP contribution in [0.1, 0.15) is 19.7 Å². The molecule has 0 amide bonds. The molecule has 80 valence electrons. The van der Waals surface area contributed by atoms with E-state index in [1.165, 1.54) is 0 Å². The highest BCUT2D eigenvalue weighted by Crippen LogP contribution is 2.04. The molecular formula is C10H19N3O. The lowest BCUT2D eigenvalue weighted by atomic mass is 10.1. The largest absolute Gasteiger partial charge is 0.383 e. The van der Waals surface area contributed by atoms with Gasteiger partial charge in [0.1, 0.15) is 5.82 Å². The number of rotatable bonds is 5. The SMILES string of the molecule is COCC(C)(C)NCc1nccn1C. The molecule has 1 aromatic heterocycles. The van der Waals surface area contributed by atoms with Gasteiger partial charge < -0.3 is 14.6 Å². The number of nitrogens with one attached hydrogen (secondary N) is 1. The Kier molecular flexibility index (Phi) is 3.66. The van der Waals surface area contributed by atoms with E-state index in [2.05, 4.69) is 24.1 Å². The van der Waals surface area contributed by atoms with Crippen molar-refractivity contribution in [3.63, 3.8) is 0 Å². The maximum absolute atomic E-state index is 5.12. The van der Waals surface area contributed by atoms with Crippen molar-refractivity contribution in [3.8, 4) is 0 Å². The minimum atomic E-state index is -0.0132. The highest BCUT2D eigenvalue weighted by Gasteiger charge is 2.16. The molecular weight excluding hydrogens is 178 g/mol. The van der Waals surface area contributed by atoms with E-state index in [1.807, 2.05) is 17.8 Å². The van der Waals surface area contributed by atoms with E-state index in [4.69, 9.17) is 4.74 Å². The summed E-state index contributed by atoms with van der Waals surface area (Å²) in [4.78, 5) is 4.24. The summed E-state index contributed by atoms with van der Waals surface area (Å²) in [6, 6.07) is 0. The van der Waals surface area contributed by atoms with Crippen LogP contribution in [0.5, 0.6) is 0 Å². The van der Waals surface area contributed by atoms with E-state index in [0.29, 0.717) is 6.61 Å². The lowest BCUT2D eigenvalue weighted by Crippen LogP contribution is -2.43. The van der Waals surface area contributed by atoms with Gasteiger partial charge in [0.25, 0.3) is 0 Å². The van der Waals surface area contributed by atoms with Gasteiger partial charge in [-0.15, -0.1) is 0 Å². The zero-order valence-electron chi connectivity index (χ0n) is 9.37. The Morgan fingerprint density at radius 3 is 2.79 bits per heavy atom. The zero-order valence-corrected chi connectivity index (χ0v) is 9.37. The molecule has 1 N–H and O–H groups in total. The summed E-state index contributed by atoms with van der Waals surface area (Å²) in [5.41, 5.74) is -0.0132. The van der Waals surface area contributed by atoms with Crippen LogP contribution in [0.15, 0.2) is 12.4 Å². The molecule has 0 aliphatic carbocycles. The predicted molar refractivity (Wildman–Crippen MR) is 56.0 cm³/mol. The predicted octanol–water partition coefficient (Wildman–Crippen LogP) is 0.935. The molecule has 0 bridgehead atoms. The molecule has 1 aromatic rings. The van der Waals surface area contributed by atoms with Gasteiger partial charge in [-0.25, -0.2) is 4.98 Å². The molecule has 0 saturated heterocycles. The summed E-state index contributed by atoms with van der Waals surface area (Å²) in [7, 11) is 3.71. The van der Waals surface area contributed by atoms with Gasteiger partial charge in [-0.05, 0) is 13.8 Å². The molecule has 4 heteroatoms. The van der Waals surface area contributed by atoms with E-state index in [-0.39, 0.29) is 5.54 Å². The third kappa shape index (κ3) is 3.12. The second-order valence-corrected chi connectivity index (χ2v) is 4.12. The van der Waals surface area contributed by atoms with Crippen molar-refractivity contribution in [2.24, 2.45) is 7.05 Å². The molecule has 14 heavy (non-hydrogen) atoms. The van der Waals surface area contributed by atoms with Crippen LogP contribution in [0.3, 0.4) is 0 Å². The molecule has 0 aliphatic heterocycles. The Balaban J connectivity index is 2.44. The summed E-state index contributed by atoms with van der Waals surface area (Å²) in [6.07, 6.45) is 3.75. The van der Waals surface area contributed by atoms with Gasteiger partial charge in [-0.1, -0.05) is 0 Å². The molecule has 0 spiro atoms. The lowest BCUT2D eigenvalue weighted by Gasteiger charge is -2.25. The first kappa shape index (κ1) is 11.2. The van der Waals surface area contributed by atoms with E-state index in [0.717, 1.165) is 12.4 Å². The summed E-state index contributed by atoms with van der Waals surface area (Å²) < 4.78 is 7.13. The van der Waals surface area contributed by atoms with Crippen LogP contribution in [-0.4, -0.2) is 28.8 Å². The van der Waals surface area contributed by atoms with Crippen LogP contribution in [0.4, 0.5) is 0 Å². The van der Waals surface area contributed by atoms with Crippen LogP contribution in [-0.2, 0) is 18.3 Å². The van der Waals surface area contributed by atoms with Crippen molar-refractivity contribution in [1.29, 1.82) is 0 Å². The number of ether oxygens (including phenoxy) is 1. The molecule has 4 nitrogen and oxygen atoms in total. The number of hydrogen-bond acceptors (Lipinski definition) is 3. The third-order valence-corrected chi connectivity index (χ3v) is 2.15. The first-order valence-electron chi connectivity index (χ1n) is 4.75. The first-order chi connectivity index (χ1) is 6.55. The topological polar surface area (TPSA) is 39.1 Å². The summed E-state index contributed by atoms with van der Waals surface area (Å²) >= 11 is 0. The Labute approximate surface area is 85.3 Å². The van der Waals surface area contributed by atoms with Crippen LogP contribution in [0.2, 0.25) is 0 Å². The fourth-order valence-electron chi connectivity index (χ4n) is 1.30. The van der Waals surface area contributed by atoms with Gasteiger partial charge in [0.05, 0.1) is 13.2 Å². The summed E-state index contributed by atoms with van der Waals surface area (Å²) in [6.45, 7) is 5.68. The fourth-order valence-corrected chi connectivity index (χ4v) is 1.30. The lowest BCUT2D eigenvalue weighted by molar-refractivity contribution is 0.127. The van der Waals surface area contributed by atoms with Crippen molar-refractivity contribution >= 4 is 0 Å². The van der Waals surface area contributed by atoms with Crippen molar-refractivity contribution < 1.29 is 4.74 Å². The minimum absolute atomic E-state index is 0.0132. The van der Waals surface area contributed by atoms with Crippen LogP contribution in [0, 0.1) is 0 Å². The minimum Gasteiger partial charge on any atom is -0.383 e. The average molecular weight is 197 g/mol. The molecule has 0 unspecified atom stereocenters. The van der Waals surface area contributed by atoms with Gasteiger partial charge in [0.2, 0.25) is 0 Å². The van der Waals surface area contributed by atoms with E-state index >= 15 is 0 Å². The Morgan fingerprint density at radius 1 is 1.57 bits per heavy atom. The van der Waals surface area contributed by atoms with Crippen LogP contribution >= 0.6 is 0 Å². The molecule has 0 aromatic carbocycles. The van der Waals surface area contributed by atoms with E-state index in [9.17, 15) is 0 Å². The standard InChI is InChI=1S/C10H19N3O/c1-10(2,8-14-4)12-7-9-11-5-6-13(9)3/h5-6,12H,7-8H2,1-4H3. The average Bonchev–Trinajstić information content (AvgIpc) is 2.48. The highest BCUT2D eigenvalue weighted by molar-refractivity contribution is 4.92. The quantitative estimate of drug-likeness (QED) is 0.763. The molecule has 1 rings (SSSR count). The first-order valence-corrected chi connectivity index (χ1v) is 4.75. The van der Waals surface area contributed by atoms with Crippen molar-refractivity contribution in [3.05, 3.63) is 18.2 Å². The number of imidazole rings is 1. The van der Waals surface area contributed by atoms with Gasteiger partial charge in [0, 0.05) is 32.1 Å². The normalized spacial score (nSPS) is 12.0. The molecule has 0 aliphatic rings. The van der Waals surface area contributed by atoms with Gasteiger partial charge in [0.15, 0.2) is 0 Å². The summed E-state index contributed by atoms with van der Waals surface area (Å²) in [5, 5.41) is 3.39. The van der Waals surface area contributed by atoms with Crippen molar-refractivity contribution in [1.82, 2.24) is 14.9 Å². The molecule has 1 heterocycles. The fraction of sp³-hybridized carbons (Fsp3) is 0.700. The Bertz CT molecular complexity index is 281.